The molecule has 2 N–H and O–H groups in total. The van der Waals surface area contributed by atoms with Crippen molar-refractivity contribution in [2.75, 3.05) is 23.3 Å². The van der Waals surface area contributed by atoms with E-state index in [9.17, 15) is 4.39 Å². The summed E-state index contributed by atoms with van der Waals surface area (Å²) >= 11 is 6.73. The summed E-state index contributed by atoms with van der Waals surface area (Å²) in [6.07, 6.45) is 1.69. The molecule has 4 aromatic rings. The van der Waals surface area contributed by atoms with E-state index in [1.807, 2.05) is 13.1 Å². The molecule has 0 amide bonds. The zero-order chi connectivity index (χ0) is 21.9. The molecular weight excluding hydrogens is 419 g/mol. The highest BCUT2D eigenvalue weighted by atomic mass is 35.5. The summed E-state index contributed by atoms with van der Waals surface area (Å²) in [5.41, 5.74) is 2.68. The van der Waals surface area contributed by atoms with Gasteiger partial charge in [-0.05, 0) is 32.9 Å². The molecular formula is C21H24ClFN8. The van der Waals surface area contributed by atoms with Gasteiger partial charge >= 0.3 is 0 Å². The van der Waals surface area contributed by atoms with Gasteiger partial charge in [-0.15, -0.1) is 0 Å². The van der Waals surface area contributed by atoms with Crippen molar-refractivity contribution in [1.82, 2.24) is 29.7 Å². The molecule has 2 atom stereocenters. The highest BCUT2D eigenvalue weighted by Gasteiger charge is 2.23. The van der Waals surface area contributed by atoms with E-state index in [-0.39, 0.29) is 5.65 Å². The van der Waals surface area contributed by atoms with Crippen LogP contribution in [0.2, 0.25) is 5.02 Å². The predicted octanol–water partition coefficient (Wildman–Crippen LogP) is 3.65. The zero-order valence-corrected chi connectivity index (χ0v) is 18.6. The topological polar surface area (TPSA) is 75.3 Å². The second-order valence-electron chi connectivity index (χ2n) is 8.30. The number of nitrogens with one attached hydrogen (secondary N) is 2. The number of benzene rings is 1. The van der Waals surface area contributed by atoms with Gasteiger partial charge in [-0.25, -0.2) is 13.9 Å². The summed E-state index contributed by atoms with van der Waals surface area (Å²) in [6.45, 7) is 7.91. The molecule has 4 heterocycles. The lowest BCUT2D eigenvalue weighted by Crippen LogP contribution is -2.54. The average Bonchev–Trinajstić information content (AvgIpc) is 3.21. The summed E-state index contributed by atoms with van der Waals surface area (Å²) in [4.78, 5) is 6.43. The number of halogens is 2. The summed E-state index contributed by atoms with van der Waals surface area (Å²) in [5.74, 6) is 0.610. The number of aromatic nitrogens is 5. The lowest BCUT2D eigenvalue weighted by Gasteiger charge is -2.37. The summed E-state index contributed by atoms with van der Waals surface area (Å²) < 4.78 is 17.7. The third-order valence-electron chi connectivity index (χ3n) is 5.57. The number of rotatable bonds is 3. The SMILES string of the molecule is Cc1nc2c(F)cc(Nc3nn(C)c4cc(N5C[C@@H](C)N[C@@H](C)C5)cc(Cl)c34)cn2n1. The van der Waals surface area contributed by atoms with Crippen molar-refractivity contribution < 1.29 is 4.39 Å². The largest absolute Gasteiger partial charge is 0.368 e. The highest BCUT2D eigenvalue weighted by Crippen LogP contribution is 2.36. The van der Waals surface area contributed by atoms with Gasteiger partial charge < -0.3 is 15.5 Å². The smallest absolute Gasteiger partial charge is 0.191 e. The number of hydrogen-bond donors (Lipinski definition) is 2. The lowest BCUT2D eigenvalue weighted by atomic mass is 10.1. The number of nitrogens with zero attached hydrogens (tertiary/aromatic N) is 6. The number of pyridine rings is 1. The molecule has 3 aromatic heterocycles. The Balaban J connectivity index is 1.53. The minimum absolute atomic E-state index is 0.191. The van der Waals surface area contributed by atoms with E-state index in [4.69, 9.17) is 11.6 Å². The maximum atomic E-state index is 14.5. The maximum Gasteiger partial charge on any atom is 0.191 e. The van der Waals surface area contributed by atoms with Crippen molar-refractivity contribution in [2.24, 2.45) is 7.05 Å². The first-order valence-electron chi connectivity index (χ1n) is 10.3. The molecule has 0 radical (unpaired) electrons. The average molecular weight is 443 g/mol. The van der Waals surface area contributed by atoms with Gasteiger partial charge in [0.2, 0.25) is 0 Å². The second kappa shape index (κ2) is 7.35. The van der Waals surface area contributed by atoms with E-state index < -0.39 is 5.82 Å². The van der Waals surface area contributed by atoms with Crippen molar-refractivity contribution in [3.63, 3.8) is 0 Å². The van der Waals surface area contributed by atoms with Gasteiger partial charge in [-0.3, -0.25) is 4.68 Å². The maximum absolute atomic E-state index is 14.5. The van der Waals surface area contributed by atoms with Gasteiger partial charge in [-0.2, -0.15) is 10.2 Å². The molecule has 0 spiro atoms. The molecule has 1 fully saturated rings. The quantitative estimate of drug-likeness (QED) is 0.504. The fourth-order valence-corrected chi connectivity index (χ4v) is 4.69. The molecule has 0 aliphatic carbocycles. The van der Waals surface area contributed by atoms with E-state index in [2.05, 4.69) is 50.6 Å². The Morgan fingerprint density at radius 2 is 1.90 bits per heavy atom. The number of anilines is 3. The molecule has 1 aliphatic rings. The van der Waals surface area contributed by atoms with Gasteiger partial charge in [0.15, 0.2) is 17.3 Å². The molecule has 31 heavy (non-hydrogen) atoms. The van der Waals surface area contributed by atoms with E-state index in [0.29, 0.717) is 34.4 Å². The monoisotopic (exact) mass is 442 g/mol. The summed E-state index contributed by atoms with van der Waals surface area (Å²) in [7, 11) is 1.88. The minimum Gasteiger partial charge on any atom is -0.368 e. The number of hydrogen-bond acceptors (Lipinski definition) is 6. The van der Waals surface area contributed by atoms with Crippen LogP contribution < -0.4 is 15.5 Å². The third-order valence-corrected chi connectivity index (χ3v) is 5.87. The van der Waals surface area contributed by atoms with Crippen molar-refractivity contribution >= 4 is 45.3 Å². The van der Waals surface area contributed by atoms with Gasteiger partial charge in [0.1, 0.15) is 5.82 Å². The normalized spacial score (nSPS) is 19.5. The van der Waals surface area contributed by atoms with Crippen molar-refractivity contribution in [3.05, 3.63) is 41.1 Å². The minimum atomic E-state index is -0.457. The Morgan fingerprint density at radius 3 is 2.65 bits per heavy atom. The number of fused-ring (bicyclic) bond motifs is 2. The molecule has 10 heteroatoms. The van der Waals surface area contributed by atoms with Crippen LogP contribution in [0.4, 0.5) is 21.6 Å². The second-order valence-corrected chi connectivity index (χ2v) is 8.70. The van der Waals surface area contributed by atoms with Crippen molar-refractivity contribution in [2.45, 2.75) is 32.9 Å². The lowest BCUT2D eigenvalue weighted by molar-refractivity contribution is 0.407. The predicted molar refractivity (Wildman–Crippen MR) is 121 cm³/mol. The Kier molecular flexibility index (Phi) is 4.75. The third kappa shape index (κ3) is 3.57. The molecule has 0 bridgehead atoms. The standard InChI is InChI=1S/C21H24ClFN8/c1-11-8-30(9-12(2)24-11)15-6-16(22)19-18(7-15)29(4)28-20(19)26-14-5-17(23)21-25-13(3)27-31(21)10-14/h5-7,10-12,24H,8-9H2,1-4H3,(H,26,28)/t11-,12+. The molecule has 0 unspecified atom stereocenters. The summed E-state index contributed by atoms with van der Waals surface area (Å²) in [5, 5.41) is 16.9. The summed E-state index contributed by atoms with van der Waals surface area (Å²) in [6, 6.07) is 6.26. The van der Waals surface area contributed by atoms with Gasteiger partial charge in [-0.1, -0.05) is 11.6 Å². The molecule has 5 rings (SSSR count). The van der Waals surface area contributed by atoms with Crippen LogP contribution >= 0.6 is 11.6 Å². The van der Waals surface area contributed by atoms with Crippen molar-refractivity contribution in [1.29, 1.82) is 0 Å². The Labute approximate surface area is 184 Å². The molecule has 0 saturated carbocycles. The van der Waals surface area contributed by atoms with Gasteiger partial charge in [0.05, 0.1) is 27.8 Å². The molecule has 1 aliphatic heterocycles. The molecule has 162 valence electrons. The van der Waals surface area contributed by atoms with Crippen LogP contribution in [0.25, 0.3) is 16.6 Å². The number of aryl methyl sites for hydroxylation is 2. The first-order valence-corrected chi connectivity index (χ1v) is 10.6. The van der Waals surface area contributed by atoms with Crippen molar-refractivity contribution in [3.8, 4) is 0 Å². The number of piperazine rings is 1. The first kappa shape index (κ1) is 20.0. The first-order chi connectivity index (χ1) is 14.8. The Bertz CT molecular complexity index is 1290. The fourth-order valence-electron chi connectivity index (χ4n) is 4.39. The Morgan fingerprint density at radius 1 is 1.16 bits per heavy atom. The molecule has 1 aromatic carbocycles. The van der Waals surface area contributed by atoms with Gasteiger partial charge in [0, 0.05) is 44.0 Å². The van der Waals surface area contributed by atoms with Crippen LogP contribution in [0.5, 0.6) is 0 Å². The van der Waals surface area contributed by atoms with Crippen LogP contribution in [0, 0.1) is 12.7 Å². The highest BCUT2D eigenvalue weighted by molar-refractivity contribution is 6.37. The van der Waals surface area contributed by atoms with E-state index in [0.717, 1.165) is 29.7 Å². The van der Waals surface area contributed by atoms with E-state index >= 15 is 0 Å². The van der Waals surface area contributed by atoms with Crippen LogP contribution in [0.15, 0.2) is 24.4 Å². The molecule has 1 saturated heterocycles. The zero-order valence-electron chi connectivity index (χ0n) is 17.8. The van der Waals surface area contributed by atoms with Gasteiger partial charge in [0.25, 0.3) is 0 Å². The van der Waals surface area contributed by atoms with Crippen LogP contribution in [0.3, 0.4) is 0 Å². The fraction of sp³-hybridized carbons (Fsp3) is 0.381. The van der Waals surface area contributed by atoms with E-state index in [1.54, 1.807) is 17.8 Å². The Hall–Kier alpha value is -2.91. The van der Waals surface area contributed by atoms with Crippen LogP contribution in [0.1, 0.15) is 19.7 Å². The van der Waals surface area contributed by atoms with E-state index in [1.165, 1.54) is 10.6 Å². The van der Waals surface area contributed by atoms with Crippen LogP contribution in [-0.2, 0) is 7.05 Å². The molecule has 8 nitrogen and oxygen atoms in total. The van der Waals surface area contributed by atoms with Crippen LogP contribution in [-0.4, -0.2) is 49.6 Å².